The normalized spacial score (nSPS) is 21.6. The number of aryl methyl sites for hydroxylation is 2. The molecule has 0 radical (unpaired) electrons. The Bertz CT molecular complexity index is 1160. The smallest absolute Gasteiger partial charge is 0.247 e. The number of carbonyl (C=O) groups is 2. The molecule has 0 bridgehead atoms. The van der Waals surface area contributed by atoms with Crippen LogP contribution < -0.4 is 16.0 Å². The molecule has 2 saturated heterocycles. The summed E-state index contributed by atoms with van der Waals surface area (Å²) in [7, 11) is -3.26. The molecule has 0 saturated carbocycles. The van der Waals surface area contributed by atoms with Gasteiger partial charge in [-0.25, -0.2) is 12.7 Å². The predicted octanol–water partition coefficient (Wildman–Crippen LogP) is 2.01. The van der Waals surface area contributed by atoms with Crippen molar-refractivity contribution >= 4 is 33.2 Å². The number of hydrogen-bond acceptors (Lipinski definition) is 7. The van der Waals surface area contributed by atoms with E-state index in [1.165, 1.54) is 10.6 Å². The second kappa shape index (κ2) is 9.14. The van der Waals surface area contributed by atoms with E-state index in [4.69, 9.17) is 4.52 Å². The molecule has 10 nitrogen and oxygen atoms in total. The molecule has 2 fully saturated rings. The monoisotopic (exact) mass is 475 g/mol. The number of aromatic nitrogens is 1. The van der Waals surface area contributed by atoms with E-state index in [2.05, 4.69) is 21.1 Å². The van der Waals surface area contributed by atoms with Crippen molar-refractivity contribution in [3.63, 3.8) is 0 Å². The van der Waals surface area contributed by atoms with E-state index in [1.807, 2.05) is 32.0 Å². The van der Waals surface area contributed by atoms with Gasteiger partial charge in [-0.05, 0) is 50.8 Å². The van der Waals surface area contributed by atoms with Crippen molar-refractivity contribution in [3.05, 3.63) is 29.7 Å². The van der Waals surface area contributed by atoms with E-state index < -0.39 is 16.1 Å². The molecule has 3 N–H and O–H groups in total. The zero-order valence-electron chi connectivity index (χ0n) is 19.0. The number of sulfonamides is 1. The summed E-state index contributed by atoms with van der Waals surface area (Å²) in [6.07, 6.45) is 3.53. The third-order valence-electron chi connectivity index (χ3n) is 6.13. The summed E-state index contributed by atoms with van der Waals surface area (Å²) < 4.78 is 30.5. The van der Waals surface area contributed by atoms with Gasteiger partial charge >= 0.3 is 0 Å². The second-order valence-corrected chi connectivity index (χ2v) is 10.7. The molecule has 2 amide bonds. The van der Waals surface area contributed by atoms with Gasteiger partial charge in [-0.1, -0.05) is 11.2 Å². The number of amides is 2. The number of nitrogens with one attached hydrogen (secondary N) is 3. The van der Waals surface area contributed by atoms with E-state index in [0.717, 1.165) is 16.8 Å². The fraction of sp³-hybridized carbons (Fsp3) is 0.500. The summed E-state index contributed by atoms with van der Waals surface area (Å²) in [6, 6.07) is 4.94. The first-order chi connectivity index (χ1) is 15.6. The first-order valence-corrected chi connectivity index (χ1v) is 12.9. The van der Waals surface area contributed by atoms with Crippen LogP contribution in [0.1, 0.15) is 37.1 Å². The van der Waals surface area contributed by atoms with Gasteiger partial charge in [0.2, 0.25) is 21.8 Å². The van der Waals surface area contributed by atoms with E-state index in [0.29, 0.717) is 55.9 Å². The van der Waals surface area contributed by atoms with Gasteiger partial charge in [-0.15, -0.1) is 0 Å². The average Bonchev–Trinajstić information content (AvgIpc) is 3.36. The Balaban J connectivity index is 1.61. The minimum atomic E-state index is -3.26. The highest BCUT2D eigenvalue weighted by Gasteiger charge is 2.30. The molecule has 2 aliphatic heterocycles. The average molecular weight is 476 g/mol. The van der Waals surface area contributed by atoms with E-state index >= 15 is 0 Å². The first kappa shape index (κ1) is 23.2. The van der Waals surface area contributed by atoms with Crippen molar-refractivity contribution in [2.45, 2.75) is 51.6 Å². The van der Waals surface area contributed by atoms with Crippen LogP contribution in [0.3, 0.4) is 0 Å². The zero-order chi connectivity index (χ0) is 23.8. The highest BCUT2D eigenvalue weighted by atomic mass is 32.2. The summed E-state index contributed by atoms with van der Waals surface area (Å²) in [5.41, 5.74) is 3.66. The fourth-order valence-electron chi connectivity index (χ4n) is 4.41. The highest BCUT2D eigenvalue weighted by molar-refractivity contribution is 7.88. The Morgan fingerprint density at radius 2 is 2.03 bits per heavy atom. The summed E-state index contributed by atoms with van der Waals surface area (Å²) >= 11 is 0. The van der Waals surface area contributed by atoms with Crippen LogP contribution in [0, 0.1) is 13.8 Å². The van der Waals surface area contributed by atoms with Gasteiger partial charge in [-0.3, -0.25) is 9.59 Å². The Labute approximate surface area is 193 Å². The lowest BCUT2D eigenvalue weighted by Crippen LogP contribution is -2.46. The van der Waals surface area contributed by atoms with Crippen LogP contribution in [-0.2, 0) is 19.6 Å². The lowest BCUT2D eigenvalue weighted by Gasteiger charge is -2.24. The number of nitrogens with zero attached hydrogens (tertiary/aromatic N) is 2. The molecular weight excluding hydrogens is 446 g/mol. The van der Waals surface area contributed by atoms with Crippen molar-refractivity contribution in [1.29, 1.82) is 0 Å². The van der Waals surface area contributed by atoms with Crippen LogP contribution in [-0.4, -0.2) is 61.1 Å². The molecule has 3 heterocycles. The van der Waals surface area contributed by atoms with Crippen molar-refractivity contribution in [1.82, 2.24) is 14.8 Å². The molecule has 2 atom stereocenters. The van der Waals surface area contributed by atoms with Gasteiger partial charge in [0.25, 0.3) is 0 Å². The van der Waals surface area contributed by atoms with E-state index in [1.54, 1.807) is 0 Å². The number of carbonyl (C=O) groups excluding carboxylic acids is 2. The molecule has 2 aliphatic rings. The SMILES string of the molecule is Cc1noc(C)c1-c1ccc(N[C@@H]2CCN(S(C)(=O)=O)C2)c(NC(=O)[C@@H]2CCCC(=O)N2)c1. The lowest BCUT2D eigenvalue weighted by molar-refractivity contribution is -0.128. The van der Waals surface area contributed by atoms with Crippen molar-refractivity contribution in [2.24, 2.45) is 0 Å². The quantitative estimate of drug-likeness (QED) is 0.582. The maximum absolute atomic E-state index is 12.9. The summed E-state index contributed by atoms with van der Waals surface area (Å²) in [5, 5.41) is 13.1. The molecule has 33 heavy (non-hydrogen) atoms. The lowest BCUT2D eigenvalue weighted by atomic mass is 10.0. The summed E-state index contributed by atoms with van der Waals surface area (Å²) in [4.78, 5) is 24.7. The minimum absolute atomic E-state index is 0.0883. The standard InChI is InChI=1S/C22H29N5O5S/c1-13-21(14(2)32-26-13)15-7-8-17(23-16-9-10-27(12-16)33(3,30)31)19(11-15)25-22(29)18-5-4-6-20(28)24-18/h7-8,11,16,18,23H,4-6,9-10,12H2,1-3H3,(H,24,28)(H,25,29)/t16-,18+/m1/s1. The van der Waals surface area contributed by atoms with Crippen molar-refractivity contribution in [2.75, 3.05) is 30.0 Å². The summed E-state index contributed by atoms with van der Waals surface area (Å²) in [5.74, 6) is 0.256. The number of rotatable bonds is 6. The molecule has 2 aromatic rings. The van der Waals surface area contributed by atoms with E-state index in [9.17, 15) is 18.0 Å². The fourth-order valence-corrected chi connectivity index (χ4v) is 5.30. The predicted molar refractivity (Wildman–Crippen MR) is 124 cm³/mol. The van der Waals surface area contributed by atoms with Gasteiger partial charge < -0.3 is 20.5 Å². The Kier molecular flexibility index (Phi) is 6.44. The van der Waals surface area contributed by atoms with Crippen molar-refractivity contribution in [3.8, 4) is 11.1 Å². The first-order valence-electron chi connectivity index (χ1n) is 11.0. The van der Waals surface area contributed by atoms with Gasteiger partial charge in [0.05, 0.1) is 23.3 Å². The molecule has 0 spiro atoms. The molecule has 0 aliphatic carbocycles. The van der Waals surface area contributed by atoms with Gasteiger partial charge in [0.15, 0.2) is 0 Å². The third-order valence-corrected chi connectivity index (χ3v) is 7.40. The second-order valence-electron chi connectivity index (χ2n) is 8.71. The Morgan fingerprint density at radius 3 is 2.67 bits per heavy atom. The number of hydrogen-bond donors (Lipinski definition) is 3. The maximum atomic E-state index is 12.9. The van der Waals surface area contributed by atoms with Gasteiger partial charge in [0, 0.05) is 31.1 Å². The van der Waals surface area contributed by atoms with Gasteiger partial charge in [-0.2, -0.15) is 0 Å². The molecular formula is C22H29N5O5S. The van der Waals surface area contributed by atoms with Crippen molar-refractivity contribution < 1.29 is 22.5 Å². The van der Waals surface area contributed by atoms with Crippen LogP contribution in [0.4, 0.5) is 11.4 Å². The minimum Gasteiger partial charge on any atom is -0.379 e. The number of piperidine rings is 1. The van der Waals surface area contributed by atoms with Crippen LogP contribution in [0.15, 0.2) is 22.7 Å². The maximum Gasteiger partial charge on any atom is 0.247 e. The molecule has 178 valence electrons. The Hall–Kier alpha value is -2.92. The number of benzene rings is 1. The van der Waals surface area contributed by atoms with E-state index in [-0.39, 0.29) is 17.9 Å². The van der Waals surface area contributed by atoms with Crippen LogP contribution in [0.5, 0.6) is 0 Å². The Morgan fingerprint density at radius 1 is 1.24 bits per heavy atom. The molecule has 0 unspecified atom stereocenters. The molecule has 11 heteroatoms. The summed E-state index contributed by atoms with van der Waals surface area (Å²) in [6.45, 7) is 4.49. The van der Waals surface area contributed by atoms with Crippen LogP contribution in [0.25, 0.3) is 11.1 Å². The molecule has 1 aromatic carbocycles. The topological polar surface area (TPSA) is 134 Å². The molecule has 4 rings (SSSR count). The largest absolute Gasteiger partial charge is 0.379 e. The number of anilines is 2. The van der Waals surface area contributed by atoms with Crippen LogP contribution >= 0.6 is 0 Å². The van der Waals surface area contributed by atoms with Gasteiger partial charge in [0.1, 0.15) is 11.8 Å². The highest BCUT2D eigenvalue weighted by Crippen LogP contribution is 2.34. The molecule has 1 aromatic heterocycles. The third kappa shape index (κ3) is 5.19. The van der Waals surface area contributed by atoms with Crippen LogP contribution in [0.2, 0.25) is 0 Å². The zero-order valence-corrected chi connectivity index (χ0v) is 19.8.